The summed E-state index contributed by atoms with van der Waals surface area (Å²) in [4.78, 5) is 11.2. The van der Waals surface area contributed by atoms with Gasteiger partial charge in [0.2, 0.25) is 0 Å². The van der Waals surface area contributed by atoms with E-state index in [0.29, 0.717) is 24.5 Å². The first kappa shape index (κ1) is 11.7. The summed E-state index contributed by atoms with van der Waals surface area (Å²) >= 11 is 0. The van der Waals surface area contributed by atoms with Crippen molar-refractivity contribution in [2.45, 2.75) is 26.7 Å². The zero-order valence-electron chi connectivity index (χ0n) is 9.44. The van der Waals surface area contributed by atoms with Gasteiger partial charge in [0.25, 0.3) is 0 Å². The van der Waals surface area contributed by atoms with Gasteiger partial charge in [0, 0.05) is 12.8 Å². The van der Waals surface area contributed by atoms with Crippen LogP contribution in [-0.4, -0.2) is 5.78 Å². The molecule has 0 saturated carbocycles. The Morgan fingerprint density at radius 1 is 1.33 bits per heavy atom. The molecular formula is C14H18O. The van der Waals surface area contributed by atoms with Crippen LogP contribution in [-0.2, 0) is 4.79 Å². The lowest BCUT2D eigenvalue weighted by atomic mass is 10.0. The standard InChI is InChI=1S/C14H18O/c1-3-14(15)11-12(2)9-10-13-7-5-4-6-8-13/h4-10,12H,3,11H2,1-2H3/b10-9+. The van der Waals surface area contributed by atoms with Gasteiger partial charge in [-0.15, -0.1) is 0 Å². The molecule has 80 valence electrons. The predicted molar refractivity (Wildman–Crippen MR) is 64.6 cm³/mol. The molecule has 0 amide bonds. The van der Waals surface area contributed by atoms with E-state index in [1.165, 1.54) is 5.56 Å². The average molecular weight is 202 g/mol. The van der Waals surface area contributed by atoms with Crippen molar-refractivity contribution < 1.29 is 4.79 Å². The quantitative estimate of drug-likeness (QED) is 0.711. The molecule has 0 saturated heterocycles. The summed E-state index contributed by atoms with van der Waals surface area (Å²) in [5, 5.41) is 0. The molecule has 0 aliphatic carbocycles. The maximum atomic E-state index is 11.2. The van der Waals surface area contributed by atoms with Gasteiger partial charge < -0.3 is 0 Å². The van der Waals surface area contributed by atoms with E-state index in [4.69, 9.17) is 0 Å². The lowest BCUT2D eigenvalue weighted by Crippen LogP contribution is -2.01. The van der Waals surface area contributed by atoms with Gasteiger partial charge in [-0.3, -0.25) is 4.79 Å². The minimum Gasteiger partial charge on any atom is -0.300 e. The zero-order chi connectivity index (χ0) is 11.1. The normalized spacial score (nSPS) is 12.9. The Labute approximate surface area is 91.8 Å². The van der Waals surface area contributed by atoms with Gasteiger partial charge >= 0.3 is 0 Å². The molecule has 15 heavy (non-hydrogen) atoms. The van der Waals surface area contributed by atoms with Crippen LogP contribution in [0.4, 0.5) is 0 Å². The monoisotopic (exact) mass is 202 g/mol. The van der Waals surface area contributed by atoms with Crippen LogP contribution < -0.4 is 0 Å². The number of carbonyl (C=O) groups excluding carboxylic acids is 1. The van der Waals surface area contributed by atoms with E-state index in [9.17, 15) is 4.79 Å². The Bertz CT molecular complexity index is 324. The second-order valence-electron chi connectivity index (χ2n) is 3.84. The summed E-state index contributed by atoms with van der Waals surface area (Å²) in [6.45, 7) is 3.99. The first-order valence-electron chi connectivity index (χ1n) is 5.47. The molecule has 1 rings (SSSR count). The van der Waals surface area contributed by atoms with Crippen molar-refractivity contribution in [3.8, 4) is 0 Å². The fourth-order valence-corrected chi connectivity index (χ4v) is 1.41. The highest BCUT2D eigenvalue weighted by Gasteiger charge is 2.03. The predicted octanol–water partition coefficient (Wildman–Crippen LogP) is 3.71. The smallest absolute Gasteiger partial charge is 0.133 e. The third-order valence-electron chi connectivity index (χ3n) is 2.36. The number of hydrogen-bond acceptors (Lipinski definition) is 1. The maximum Gasteiger partial charge on any atom is 0.133 e. The molecule has 1 aromatic carbocycles. The van der Waals surface area contributed by atoms with Crippen molar-refractivity contribution in [2.75, 3.05) is 0 Å². The molecular weight excluding hydrogens is 184 g/mol. The van der Waals surface area contributed by atoms with E-state index in [-0.39, 0.29) is 0 Å². The SMILES string of the molecule is CCC(=O)CC(C)/C=C/c1ccccc1. The highest BCUT2D eigenvalue weighted by molar-refractivity contribution is 5.78. The molecule has 0 aliphatic heterocycles. The third kappa shape index (κ3) is 4.59. The van der Waals surface area contributed by atoms with Crippen LogP contribution in [0.15, 0.2) is 36.4 Å². The Kier molecular flexibility index (Phi) is 4.82. The molecule has 1 nitrogen and oxygen atoms in total. The van der Waals surface area contributed by atoms with E-state index in [0.717, 1.165) is 0 Å². The van der Waals surface area contributed by atoms with Crippen LogP contribution in [0, 0.1) is 5.92 Å². The summed E-state index contributed by atoms with van der Waals surface area (Å²) in [5.74, 6) is 0.665. The van der Waals surface area contributed by atoms with Crippen molar-refractivity contribution in [2.24, 2.45) is 5.92 Å². The first-order chi connectivity index (χ1) is 7.22. The fourth-order valence-electron chi connectivity index (χ4n) is 1.41. The van der Waals surface area contributed by atoms with Crippen molar-refractivity contribution in [1.29, 1.82) is 0 Å². The topological polar surface area (TPSA) is 17.1 Å². The molecule has 1 aromatic rings. The molecule has 0 spiro atoms. The summed E-state index contributed by atoms with van der Waals surface area (Å²) in [5.41, 5.74) is 1.19. The lowest BCUT2D eigenvalue weighted by Gasteiger charge is -2.03. The lowest BCUT2D eigenvalue weighted by molar-refractivity contribution is -0.119. The highest BCUT2D eigenvalue weighted by Crippen LogP contribution is 2.09. The van der Waals surface area contributed by atoms with Gasteiger partial charge in [-0.2, -0.15) is 0 Å². The number of allylic oxidation sites excluding steroid dienone is 1. The van der Waals surface area contributed by atoms with Gasteiger partial charge in [-0.1, -0.05) is 56.3 Å². The number of benzene rings is 1. The summed E-state index contributed by atoms with van der Waals surface area (Å²) in [6, 6.07) is 10.2. The number of ketones is 1. The fraction of sp³-hybridized carbons (Fsp3) is 0.357. The molecule has 0 heterocycles. The van der Waals surface area contributed by atoms with E-state index in [2.05, 4.69) is 31.2 Å². The second-order valence-corrected chi connectivity index (χ2v) is 3.84. The van der Waals surface area contributed by atoms with Crippen molar-refractivity contribution in [1.82, 2.24) is 0 Å². The molecule has 0 N–H and O–H groups in total. The largest absolute Gasteiger partial charge is 0.300 e. The van der Waals surface area contributed by atoms with Crippen LogP contribution in [0.5, 0.6) is 0 Å². The van der Waals surface area contributed by atoms with Crippen LogP contribution in [0.2, 0.25) is 0 Å². The van der Waals surface area contributed by atoms with Crippen LogP contribution in [0.3, 0.4) is 0 Å². The van der Waals surface area contributed by atoms with Crippen LogP contribution in [0.25, 0.3) is 6.08 Å². The highest BCUT2D eigenvalue weighted by atomic mass is 16.1. The maximum absolute atomic E-state index is 11.2. The molecule has 0 aromatic heterocycles. The van der Waals surface area contributed by atoms with Crippen LogP contribution in [0.1, 0.15) is 32.3 Å². The van der Waals surface area contributed by atoms with E-state index >= 15 is 0 Å². The van der Waals surface area contributed by atoms with Crippen LogP contribution >= 0.6 is 0 Å². The van der Waals surface area contributed by atoms with Gasteiger partial charge in [0.1, 0.15) is 5.78 Å². The zero-order valence-corrected chi connectivity index (χ0v) is 9.44. The van der Waals surface area contributed by atoms with Gasteiger partial charge in [0.15, 0.2) is 0 Å². The van der Waals surface area contributed by atoms with Crippen molar-refractivity contribution in [3.05, 3.63) is 42.0 Å². The van der Waals surface area contributed by atoms with E-state index in [1.54, 1.807) is 0 Å². The average Bonchev–Trinajstić information content (AvgIpc) is 2.27. The minimum atomic E-state index is 0.331. The molecule has 0 bridgehead atoms. The second kappa shape index (κ2) is 6.18. The van der Waals surface area contributed by atoms with Gasteiger partial charge in [-0.25, -0.2) is 0 Å². The Hall–Kier alpha value is -1.37. The molecule has 1 heteroatoms. The molecule has 1 unspecified atom stereocenters. The third-order valence-corrected chi connectivity index (χ3v) is 2.36. The summed E-state index contributed by atoms with van der Waals surface area (Å²) < 4.78 is 0. The van der Waals surface area contributed by atoms with E-state index in [1.807, 2.05) is 25.1 Å². The molecule has 0 aliphatic rings. The number of rotatable bonds is 5. The number of Topliss-reactive ketones (excluding diaryl/α,β-unsaturated/α-hetero) is 1. The molecule has 0 fully saturated rings. The summed E-state index contributed by atoms with van der Waals surface area (Å²) in [7, 11) is 0. The van der Waals surface area contributed by atoms with Crippen molar-refractivity contribution >= 4 is 11.9 Å². The number of hydrogen-bond donors (Lipinski definition) is 0. The molecule has 1 atom stereocenters. The summed E-state index contributed by atoms with van der Waals surface area (Å²) in [6.07, 6.45) is 5.47. The van der Waals surface area contributed by atoms with Crippen molar-refractivity contribution in [3.63, 3.8) is 0 Å². The molecule has 0 radical (unpaired) electrons. The Balaban J connectivity index is 2.47. The minimum absolute atomic E-state index is 0.331. The first-order valence-corrected chi connectivity index (χ1v) is 5.47. The van der Waals surface area contributed by atoms with Gasteiger partial charge in [0.05, 0.1) is 0 Å². The Morgan fingerprint density at radius 3 is 2.60 bits per heavy atom. The Morgan fingerprint density at radius 2 is 2.00 bits per heavy atom. The van der Waals surface area contributed by atoms with Gasteiger partial charge in [-0.05, 0) is 11.5 Å². The number of carbonyl (C=O) groups is 1. The van der Waals surface area contributed by atoms with E-state index < -0.39 is 0 Å².